The molecule has 1 aliphatic carbocycles. The Morgan fingerprint density at radius 1 is 1.04 bits per heavy atom. The first kappa shape index (κ1) is 18.4. The predicted molar refractivity (Wildman–Crippen MR) is 109 cm³/mol. The molecule has 2 aliphatic rings. The van der Waals surface area contributed by atoms with Crippen LogP contribution in [0, 0.1) is 5.92 Å². The van der Waals surface area contributed by atoms with Crippen molar-refractivity contribution in [1.82, 2.24) is 4.90 Å². The van der Waals surface area contributed by atoms with Crippen molar-refractivity contribution >= 4 is 33.7 Å². The number of fused-ring (bicyclic) bond motifs is 1. The lowest BCUT2D eigenvalue weighted by atomic mass is 10.0. The average Bonchev–Trinajstić information content (AvgIpc) is 3.31. The number of amides is 2. The van der Waals surface area contributed by atoms with E-state index in [9.17, 15) is 9.59 Å². The van der Waals surface area contributed by atoms with Crippen LogP contribution in [0.2, 0.25) is 0 Å². The lowest BCUT2D eigenvalue weighted by Crippen LogP contribution is -2.28. The van der Waals surface area contributed by atoms with Crippen LogP contribution in [0.25, 0.3) is 10.8 Å². The number of hydrogen-bond acceptors (Lipinski definition) is 4. The molecule has 0 aromatic heterocycles. The van der Waals surface area contributed by atoms with E-state index in [0.717, 1.165) is 52.8 Å². The highest BCUT2D eigenvalue weighted by Gasteiger charge is 2.30. The molecular formula is C22H25NO3S. The second kappa shape index (κ2) is 8.34. The summed E-state index contributed by atoms with van der Waals surface area (Å²) < 4.78 is 6.09. The number of imide groups is 1. The van der Waals surface area contributed by atoms with Gasteiger partial charge in [-0.3, -0.25) is 14.5 Å². The maximum atomic E-state index is 11.9. The van der Waals surface area contributed by atoms with Gasteiger partial charge in [0.25, 0.3) is 5.24 Å². The SMILES string of the molecule is O=C1CSC(=O)N1Cc1ccc(OCCCC2CCCC2)c2ccccc12. The summed E-state index contributed by atoms with van der Waals surface area (Å²) in [5, 5.41) is 1.93. The van der Waals surface area contributed by atoms with Crippen molar-refractivity contribution in [3.8, 4) is 5.75 Å². The molecule has 2 fully saturated rings. The van der Waals surface area contributed by atoms with Gasteiger partial charge >= 0.3 is 0 Å². The van der Waals surface area contributed by atoms with Crippen LogP contribution in [-0.2, 0) is 11.3 Å². The molecule has 0 bridgehead atoms. The van der Waals surface area contributed by atoms with E-state index in [-0.39, 0.29) is 16.9 Å². The van der Waals surface area contributed by atoms with Gasteiger partial charge in [0.1, 0.15) is 5.75 Å². The summed E-state index contributed by atoms with van der Waals surface area (Å²) in [4.78, 5) is 25.2. The zero-order chi connectivity index (χ0) is 18.6. The highest BCUT2D eigenvalue weighted by molar-refractivity contribution is 8.14. The quantitative estimate of drug-likeness (QED) is 0.602. The molecule has 1 aliphatic heterocycles. The Kier molecular flexibility index (Phi) is 5.67. The fraction of sp³-hybridized carbons (Fsp3) is 0.455. The van der Waals surface area contributed by atoms with Gasteiger partial charge in [0.15, 0.2) is 0 Å². The molecule has 0 atom stereocenters. The van der Waals surface area contributed by atoms with E-state index in [1.54, 1.807) is 0 Å². The van der Waals surface area contributed by atoms with Crippen molar-refractivity contribution in [2.75, 3.05) is 12.4 Å². The van der Waals surface area contributed by atoms with Gasteiger partial charge in [0.05, 0.1) is 18.9 Å². The van der Waals surface area contributed by atoms with Crippen LogP contribution < -0.4 is 4.74 Å². The number of benzene rings is 2. The first-order chi connectivity index (χ1) is 13.2. The molecule has 4 rings (SSSR count). The Bertz CT molecular complexity index is 829. The van der Waals surface area contributed by atoms with Gasteiger partial charge in [0.2, 0.25) is 5.91 Å². The summed E-state index contributed by atoms with van der Waals surface area (Å²) in [6.07, 6.45) is 7.88. The van der Waals surface area contributed by atoms with Crippen LogP contribution in [0.4, 0.5) is 4.79 Å². The molecule has 27 heavy (non-hydrogen) atoms. The Morgan fingerprint density at radius 2 is 1.81 bits per heavy atom. The third-order valence-corrected chi connectivity index (χ3v) is 6.49. The van der Waals surface area contributed by atoms with Gasteiger partial charge in [-0.05, 0) is 35.8 Å². The molecule has 1 heterocycles. The molecule has 1 saturated carbocycles. The first-order valence-electron chi connectivity index (χ1n) is 9.83. The van der Waals surface area contributed by atoms with Gasteiger partial charge < -0.3 is 4.74 Å². The maximum Gasteiger partial charge on any atom is 0.289 e. The van der Waals surface area contributed by atoms with Crippen LogP contribution in [0.1, 0.15) is 44.1 Å². The van der Waals surface area contributed by atoms with Crippen molar-refractivity contribution in [3.05, 3.63) is 42.0 Å². The van der Waals surface area contributed by atoms with Crippen molar-refractivity contribution < 1.29 is 14.3 Å². The fourth-order valence-electron chi connectivity index (χ4n) is 4.15. The summed E-state index contributed by atoms with van der Waals surface area (Å²) in [5.41, 5.74) is 0.980. The van der Waals surface area contributed by atoms with Crippen molar-refractivity contribution in [2.24, 2.45) is 5.92 Å². The van der Waals surface area contributed by atoms with Crippen molar-refractivity contribution in [3.63, 3.8) is 0 Å². The highest BCUT2D eigenvalue weighted by atomic mass is 32.2. The summed E-state index contributed by atoms with van der Waals surface area (Å²) in [6.45, 7) is 1.06. The van der Waals surface area contributed by atoms with E-state index in [1.165, 1.54) is 37.0 Å². The Hall–Kier alpha value is -2.01. The summed E-state index contributed by atoms with van der Waals surface area (Å²) in [6, 6.07) is 12.0. The zero-order valence-electron chi connectivity index (χ0n) is 15.5. The van der Waals surface area contributed by atoms with Gasteiger partial charge in [-0.25, -0.2) is 0 Å². The molecule has 2 amide bonds. The molecule has 0 radical (unpaired) electrons. The number of thioether (sulfide) groups is 1. The number of nitrogens with zero attached hydrogens (tertiary/aromatic N) is 1. The molecule has 4 nitrogen and oxygen atoms in total. The van der Waals surface area contributed by atoms with Crippen LogP contribution in [-0.4, -0.2) is 28.4 Å². The Morgan fingerprint density at radius 3 is 2.56 bits per heavy atom. The maximum absolute atomic E-state index is 11.9. The Balaban J connectivity index is 1.46. The van der Waals surface area contributed by atoms with Gasteiger partial charge in [-0.15, -0.1) is 0 Å². The van der Waals surface area contributed by atoms with Crippen LogP contribution >= 0.6 is 11.8 Å². The minimum absolute atomic E-state index is 0.110. The lowest BCUT2D eigenvalue weighted by Gasteiger charge is -2.17. The Labute approximate surface area is 164 Å². The summed E-state index contributed by atoms with van der Waals surface area (Å²) >= 11 is 1.08. The topological polar surface area (TPSA) is 46.6 Å². The van der Waals surface area contributed by atoms with E-state index < -0.39 is 0 Å². The fourth-order valence-corrected chi connectivity index (χ4v) is 4.88. The van der Waals surface area contributed by atoms with E-state index in [4.69, 9.17) is 4.74 Å². The second-order valence-corrected chi connectivity index (χ2v) is 8.37. The highest BCUT2D eigenvalue weighted by Crippen LogP contribution is 2.32. The number of carbonyl (C=O) groups excluding carboxylic acids is 2. The normalized spacial score (nSPS) is 18.0. The number of rotatable bonds is 7. The number of carbonyl (C=O) groups is 2. The first-order valence-corrected chi connectivity index (χ1v) is 10.8. The number of ether oxygens (including phenoxy) is 1. The molecule has 2 aromatic carbocycles. The largest absolute Gasteiger partial charge is 0.493 e. The zero-order valence-corrected chi connectivity index (χ0v) is 16.3. The van der Waals surface area contributed by atoms with Crippen molar-refractivity contribution in [1.29, 1.82) is 0 Å². The summed E-state index contributed by atoms with van der Waals surface area (Å²) in [5.74, 6) is 1.91. The van der Waals surface area contributed by atoms with Gasteiger partial charge in [0, 0.05) is 5.39 Å². The molecule has 2 aromatic rings. The third-order valence-electron chi connectivity index (χ3n) is 5.63. The smallest absolute Gasteiger partial charge is 0.289 e. The van der Waals surface area contributed by atoms with E-state index >= 15 is 0 Å². The molecular weight excluding hydrogens is 358 g/mol. The van der Waals surface area contributed by atoms with Crippen molar-refractivity contribution in [2.45, 2.75) is 45.1 Å². The molecule has 0 spiro atoms. The molecule has 0 unspecified atom stereocenters. The van der Waals surface area contributed by atoms with E-state index in [1.807, 2.05) is 36.4 Å². The minimum atomic E-state index is -0.156. The number of hydrogen-bond donors (Lipinski definition) is 0. The van der Waals surface area contributed by atoms with E-state index in [2.05, 4.69) is 0 Å². The van der Waals surface area contributed by atoms with Gasteiger partial charge in [-0.1, -0.05) is 67.8 Å². The molecule has 142 valence electrons. The van der Waals surface area contributed by atoms with Crippen LogP contribution in [0.3, 0.4) is 0 Å². The molecule has 1 saturated heterocycles. The third kappa shape index (κ3) is 4.13. The van der Waals surface area contributed by atoms with Crippen LogP contribution in [0.15, 0.2) is 36.4 Å². The minimum Gasteiger partial charge on any atom is -0.493 e. The average molecular weight is 384 g/mol. The predicted octanol–water partition coefficient (Wildman–Crippen LogP) is 5.38. The van der Waals surface area contributed by atoms with Crippen LogP contribution in [0.5, 0.6) is 5.75 Å². The second-order valence-electron chi connectivity index (χ2n) is 7.44. The monoisotopic (exact) mass is 383 g/mol. The standard InChI is InChI=1S/C22H25NO3S/c24-21-15-27-22(25)23(21)14-17-11-12-20(19-10-4-3-9-18(17)19)26-13-5-8-16-6-1-2-7-16/h3-4,9-12,16H,1-2,5-8,13-15H2. The summed E-state index contributed by atoms with van der Waals surface area (Å²) in [7, 11) is 0. The van der Waals surface area contributed by atoms with Gasteiger partial charge in [-0.2, -0.15) is 0 Å². The van der Waals surface area contributed by atoms with E-state index in [0.29, 0.717) is 6.54 Å². The molecule has 5 heteroatoms. The lowest BCUT2D eigenvalue weighted by molar-refractivity contribution is -0.124. The molecule has 0 N–H and O–H groups in total.